The maximum atomic E-state index is 5.58. The molecule has 2 fully saturated rings. The maximum absolute atomic E-state index is 5.58. The topological polar surface area (TPSA) is 45.7 Å². The lowest BCUT2D eigenvalue weighted by molar-refractivity contribution is 0.404. The smallest absolute Gasteiger partial charge is 0.191 e. The van der Waals surface area contributed by atoms with Gasteiger partial charge in [-0.15, -0.1) is 24.0 Å². The van der Waals surface area contributed by atoms with Gasteiger partial charge in [0.05, 0.1) is 13.7 Å². The van der Waals surface area contributed by atoms with E-state index in [4.69, 9.17) is 9.73 Å². The van der Waals surface area contributed by atoms with E-state index in [1.54, 1.807) is 7.11 Å². The SMILES string of the molecule is CCNC(=NCC1(c2ccccc2OC)CC1)NC1CCC(SC)C1.I. The lowest BCUT2D eigenvalue weighted by Crippen LogP contribution is -2.43. The van der Waals surface area contributed by atoms with Crippen LogP contribution in [0.4, 0.5) is 0 Å². The van der Waals surface area contributed by atoms with E-state index in [-0.39, 0.29) is 29.4 Å². The van der Waals surface area contributed by atoms with Crippen molar-refractivity contribution >= 4 is 41.7 Å². The van der Waals surface area contributed by atoms with Gasteiger partial charge in [0, 0.05) is 28.8 Å². The van der Waals surface area contributed by atoms with Crippen molar-refractivity contribution in [1.29, 1.82) is 0 Å². The second kappa shape index (κ2) is 10.1. The molecule has 1 aromatic rings. The van der Waals surface area contributed by atoms with Crippen molar-refractivity contribution in [1.82, 2.24) is 10.6 Å². The second-order valence-corrected chi connectivity index (χ2v) is 8.33. The van der Waals surface area contributed by atoms with Gasteiger partial charge in [0.1, 0.15) is 5.75 Å². The summed E-state index contributed by atoms with van der Waals surface area (Å²) in [5.41, 5.74) is 1.47. The number of nitrogens with zero attached hydrogens (tertiary/aromatic N) is 1. The van der Waals surface area contributed by atoms with Crippen LogP contribution in [-0.4, -0.2) is 43.7 Å². The summed E-state index contributed by atoms with van der Waals surface area (Å²) in [4.78, 5) is 4.95. The molecule has 3 rings (SSSR count). The molecule has 4 nitrogen and oxygen atoms in total. The van der Waals surface area contributed by atoms with Crippen LogP contribution < -0.4 is 15.4 Å². The van der Waals surface area contributed by atoms with E-state index in [0.717, 1.165) is 30.0 Å². The fourth-order valence-corrected chi connectivity index (χ4v) is 4.57. The number of benzene rings is 1. The van der Waals surface area contributed by atoms with E-state index in [2.05, 4.69) is 42.0 Å². The van der Waals surface area contributed by atoms with Crippen LogP contribution in [0.25, 0.3) is 0 Å². The van der Waals surface area contributed by atoms with Crippen molar-refractivity contribution in [3.05, 3.63) is 29.8 Å². The van der Waals surface area contributed by atoms with E-state index < -0.39 is 0 Å². The fourth-order valence-electron chi connectivity index (χ4n) is 3.78. The molecule has 2 saturated carbocycles. The first-order valence-electron chi connectivity index (χ1n) is 9.42. The van der Waals surface area contributed by atoms with E-state index in [1.165, 1.54) is 37.7 Å². The van der Waals surface area contributed by atoms with E-state index in [1.807, 2.05) is 17.8 Å². The normalized spacial score (nSPS) is 23.9. The quantitative estimate of drug-likeness (QED) is 0.343. The van der Waals surface area contributed by atoms with E-state index in [0.29, 0.717) is 6.04 Å². The number of hydrogen-bond acceptors (Lipinski definition) is 3. The number of nitrogens with one attached hydrogen (secondary N) is 2. The average Bonchev–Trinajstić information content (AvgIpc) is 3.30. The molecule has 1 aromatic carbocycles. The summed E-state index contributed by atoms with van der Waals surface area (Å²) in [6, 6.07) is 8.95. The number of methoxy groups -OCH3 is 1. The molecule has 2 N–H and O–H groups in total. The van der Waals surface area contributed by atoms with Crippen LogP contribution >= 0.6 is 35.7 Å². The summed E-state index contributed by atoms with van der Waals surface area (Å²) in [6.45, 7) is 3.84. The zero-order valence-corrected chi connectivity index (χ0v) is 19.2. The first kappa shape index (κ1) is 21.7. The first-order chi connectivity index (χ1) is 12.2. The minimum absolute atomic E-state index is 0. The minimum atomic E-state index is 0. The highest BCUT2D eigenvalue weighted by atomic mass is 127. The highest BCUT2D eigenvalue weighted by molar-refractivity contribution is 14.0. The zero-order chi connectivity index (χ0) is 17.7. The molecule has 2 aliphatic rings. The van der Waals surface area contributed by atoms with Crippen LogP contribution in [0.2, 0.25) is 0 Å². The van der Waals surface area contributed by atoms with Gasteiger partial charge < -0.3 is 15.4 Å². The molecule has 0 aromatic heterocycles. The Hall–Kier alpha value is -0.630. The number of halogens is 1. The standard InChI is InChI=1S/C20H31N3OS.HI/c1-4-21-19(23-15-9-10-16(13-15)25-3)22-14-20(11-12-20)17-7-5-6-8-18(17)24-2;/h5-8,15-16H,4,9-14H2,1-3H3,(H2,21,22,23);1H. The number of guanidine groups is 1. The van der Waals surface area contributed by atoms with Crippen LogP contribution in [0.3, 0.4) is 0 Å². The first-order valence-corrected chi connectivity index (χ1v) is 10.7. The van der Waals surface area contributed by atoms with E-state index in [9.17, 15) is 0 Å². The summed E-state index contributed by atoms with van der Waals surface area (Å²) >= 11 is 1.99. The summed E-state index contributed by atoms with van der Waals surface area (Å²) in [5, 5.41) is 7.87. The molecule has 0 amide bonds. The van der Waals surface area contributed by atoms with Crippen molar-refractivity contribution in [2.45, 2.75) is 55.7 Å². The molecule has 2 atom stereocenters. The van der Waals surface area contributed by atoms with Gasteiger partial charge in [-0.25, -0.2) is 0 Å². The summed E-state index contributed by atoms with van der Waals surface area (Å²) < 4.78 is 5.58. The number of hydrogen-bond donors (Lipinski definition) is 2. The summed E-state index contributed by atoms with van der Waals surface area (Å²) in [6.07, 6.45) is 8.39. The molecular weight excluding hydrogens is 457 g/mol. The lowest BCUT2D eigenvalue weighted by Gasteiger charge is -2.20. The largest absolute Gasteiger partial charge is 0.496 e. The Labute approximate surface area is 179 Å². The number of para-hydroxylation sites is 1. The molecule has 0 spiro atoms. The summed E-state index contributed by atoms with van der Waals surface area (Å²) in [5.74, 6) is 1.96. The monoisotopic (exact) mass is 489 g/mol. The van der Waals surface area contributed by atoms with Crippen molar-refractivity contribution in [2.24, 2.45) is 4.99 Å². The Morgan fingerprint density at radius 2 is 2.08 bits per heavy atom. The van der Waals surface area contributed by atoms with Crippen molar-refractivity contribution in [3.8, 4) is 5.75 Å². The Balaban J connectivity index is 0.00000243. The van der Waals surface area contributed by atoms with Crippen LogP contribution in [0, 0.1) is 0 Å². The van der Waals surface area contributed by atoms with Gasteiger partial charge in [-0.1, -0.05) is 18.2 Å². The van der Waals surface area contributed by atoms with Gasteiger partial charge in [-0.2, -0.15) is 11.8 Å². The van der Waals surface area contributed by atoms with Gasteiger partial charge in [-0.05, 0) is 51.3 Å². The molecule has 146 valence electrons. The minimum Gasteiger partial charge on any atom is -0.496 e. The third kappa shape index (κ3) is 5.21. The Bertz CT molecular complexity index is 606. The second-order valence-electron chi connectivity index (χ2n) is 7.19. The molecule has 2 aliphatic carbocycles. The number of thioether (sulfide) groups is 1. The molecule has 0 bridgehead atoms. The van der Waals surface area contributed by atoms with Crippen LogP contribution in [0.15, 0.2) is 29.3 Å². The third-order valence-electron chi connectivity index (χ3n) is 5.47. The maximum Gasteiger partial charge on any atom is 0.191 e. The van der Waals surface area contributed by atoms with Crippen LogP contribution in [-0.2, 0) is 5.41 Å². The van der Waals surface area contributed by atoms with Crippen LogP contribution in [0.1, 0.15) is 44.6 Å². The van der Waals surface area contributed by atoms with Gasteiger partial charge in [0.2, 0.25) is 0 Å². The molecule has 0 radical (unpaired) electrons. The number of rotatable bonds is 7. The molecule has 0 aliphatic heterocycles. The highest BCUT2D eigenvalue weighted by Gasteiger charge is 2.46. The van der Waals surface area contributed by atoms with Crippen molar-refractivity contribution < 1.29 is 4.74 Å². The average molecular weight is 489 g/mol. The summed E-state index contributed by atoms with van der Waals surface area (Å²) in [7, 11) is 1.76. The van der Waals surface area contributed by atoms with Gasteiger partial charge in [-0.3, -0.25) is 4.99 Å². The molecule has 26 heavy (non-hydrogen) atoms. The molecule has 0 heterocycles. The molecule has 0 saturated heterocycles. The van der Waals surface area contributed by atoms with Crippen LogP contribution in [0.5, 0.6) is 5.75 Å². The van der Waals surface area contributed by atoms with Gasteiger partial charge in [0.25, 0.3) is 0 Å². The Morgan fingerprint density at radius 1 is 1.31 bits per heavy atom. The fraction of sp³-hybridized carbons (Fsp3) is 0.650. The lowest BCUT2D eigenvalue weighted by atomic mass is 9.95. The third-order valence-corrected chi connectivity index (χ3v) is 6.57. The van der Waals surface area contributed by atoms with Gasteiger partial charge >= 0.3 is 0 Å². The van der Waals surface area contributed by atoms with Gasteiger partial charge in [0.15, 0.2) is 5.96 Å². The van der Waals surface area contributed by atoms with E-state index >= 15 is 0 Å². The Morgan fingerprint density at radius 3 is 2.69 bits per heavy atom. The molecule has 2 unspecified atom stereocenters. The van der Waals surface area contributed by atoms with Crippen molar-refractivity contribution in [3.63, 3.8) is 0 Å². The highest BCUT2D eigenvalue weighted by Crippen LogP contribution is 2.51. The molecular formula is C20H32IN3OS. The van der Waals surface area contributed by atoms with Crippen molar-refractivity contribution in [2.75, 3.05) is 26.5 Å². The predicted molar refractivity (Wildman–Crippen MR) is 123 cm³/mol. The molecule has 6 heteroatoms. The number of aliphatic imine (C=N–C) groups is 1. The predicted octanol–water partition coefficient (Wildman–Crippen LogP) is 4.18. The number of ether oxygens (including phenoxy) is 1. The Kier molecular flexibility index (Phi) is 8.39. The zero-order valence-electron chi connectivity index (χ0n) is 16.1.